The van der Waals surface area contributed by atoms with Gasteiger partial charge in [-0.2, -0.15) is 0 Å². The molecule has 0 fully saturated rings. The van der Waals surface area contributed by atoms with Crippen molar-refractivity contribution in [2.75, 3.05) is 16.8 Å². The van der Waals surface area contributed by atoms with Crippen molar-refractivity contribution < 1.29 is 4.79 Å². The number of pyridine rings is 1. The summed E-state index contributed by atoms with van der Waals surface area (Å²) in [5.74, 6) is -0.00472. The van der Waals surface area contributed by atoms with Crippen LogP contribution in [0, 0.1) is 0 Å². The van der Waals surface area contributed by atoms with Gasteiger partial charge in [-0.25, -0.2) is 0 Å². The van der Waals surface area contributed by atoms with Crippen LogP contribution in [0.15, 0.2) is 60.8 Å². The first-order valence-electron chi connectivity index (χ1n) is 8.20. The van der Waals surface area contributed by atoms with Crippen molar-refractivity contribution in [2.24, 2.45) is 0 Å². The van der Waals surface area contributed by atoms with E-state index in [1.165, 1.54) is 11.3 Å². The van der Waals surface area contributed by atoms with Crippen molar-refractivity contribution >= 4 is 28.2 Å². The van der Waals surface area contributed by atoms with E-state index < -0.39 is 0 Å². The molecule has 4 rings (SSSR count). The normalized spacial score (nSPS) is 16.2. The number of para-hydroxylation sites is 1. The quantitative estimate of drug-likeness (QED) is 0.802. The average Bonchev–Trinajstić information content (AvgIpc) is 2.91. The lowest BCUT2D eigenvalue weighted by molar-refractivity contribution is -0.115. The summed E-state index contributed by atoms with van der Waals surface area (Å²) in [5.41, 5.74) is 4.17. The molecule has 2 aromatic carbocycles. The lowest BCUT2D eigenvalue weighted by atomic mass is 10.1. The largest absolute Gasteiger partial charge is 0.359 e. The first kappa shape index (κ1) is 14.7. The Hall–Kier alpha value is -2.88. The second-order valence-electron chi connectivity index (χ2n) is 6.23. The van der Waals surface area contributed by atoms with E-state index in [1.54, 1.807) is 6.20 Å². The minimum Gasteiger partial charge on any atom is -0.359 e. The zero-order valence-corrected chi connectivity index (χ0v) is 13.6. The molecule has 1 atom stereocenters. The average molecular weight is 317 g/mol. The van der Waals surface area contributed by atoms with Gasteiger partial charge in [-0.3, -0.25) is 9.78 Å². The number of benzene rings is 2. The van der Waals surface area contributed by atoms with Gasteiger partial charge in [-0.1, -0.05) is 24.3 Å². The summed E-state index contributed by atoms with van der Waals surface area (Å²) in [6.07, 6.45) is 2.75. The number of nitrogens with zero attached hydrogens (tertiary/aromatic N) is 2. The summed E-state index contributed by atoms with van der Waals surface area (Å²) in [4.78, 5) is 19.1. The third kappa shape index (κ3) is 2.60. The number of carbonyl (C=O) groups excluding carboxylic acids is 1. The molecule has 0 bridgehead atoms. The molecule has 1 aliphatic heterocycles. The molecule has 4 nitrogen and oxygen atoms in total. The van der Waals surface area contributed by atoms with Gasteiger partial charge < -0.3 is 10.2 Å². The second-order valence-corrected chi connectivity index (χ2v) is 6.23. The number of amides is 1. The molecule has 4 heteroatoms. The Bertz CT molecular complexity index is 901. The van der Waals surface area contributed by atoms with Crippen LogP contribution in [-0.2, 0) is 11.2 Å². The van der Waals surface area contributed by atoms with E-state index in [9.17, 15) is 4.79 Å². The summed E-state index contributed by atoms with van der Waals surface area (Å²) < 4.78 is 0. The van der Waals surface area contributed by atoms with E-state index in [2.05, 4.69) is 40.3 Å². The maximum atomic E-state index is 12.6. The molecular formula is C20H19N3O. The Balaban J connectivity index is 1.55. The van der Waals surface area contributed by atoms with Crippen LogP contribution < -0.4 is 10.2 Å². The number of nitrogens with one attached hydrogen (secondary N) is 1. The molecular weight excluding hydrogens is 298 g/mol. The lowest BCUT2D eigenvalue weighted by Gasteiger charge is -2.24. The summed E-state index contributed by atoms with van der Waals surface area (Å²) in [6.45, 7) is 2.52. The highest BCUT2D eigenvalue weighted by Gasteiger charge is 2.27. The molecule has 24 heavy (non-hydrogen) atoms. The van der Waals surface area contributed by atoms with E-state index in [-0.39, 0.29) is 5.91 Å². The topological polar surface area (TPSA) is 45.2 Å². The fraction of sp³-hybridized carbons (Fsp3) is 0.200. The summed E-state index contributed by atoms with van der Waals surface area (Å²) in [6, 6.07) is 18.3. The molecule has 1 amide bonds. The van der Waals surface area contributed by atoms with Crippen LogP contribution in [0.3, 0.4) is 0 Å². The second kappa shape index (κ2) is 5.96. The smallest absolute Gasteiger partial charge is 0.243 e. The molecule has 120 valence electrons. The third-order valence-corrected chi connectivity index (χ3v) is 4.58. The summed E-state index contributed by atoms with van der Waals surface area (Å²) >= 11 is 0. The van der Waals surface area contributed by atoms with E-state index in [1.807, 2.05) is 36.4 Å². The Morgan fingerprint density at radius 2 is 2.04 bits per heavy atom. The first-order valence-corrected chi connectivity index (χ1v) is 8.20. The number of carbonyl (C=O) groups is 1. The van der Waals surface area contributed by atoms with Crippen molar-refractivity contribution in [3.8, 4) is 0 Å². The maximum Gasteiger partial charge on any atom is 0.243 e. The van der Waals surface area contributed by atoms with Gasteiger partial charge >= 0.3 is 0 Å². The van der Waals surface area contributed by atoms with Crippen molar-refractivity contribution in [3.05, 3.63) is 66.4 Å². The standard InChI is InChI=1S/C20H19N3O/c1-14-12-15-6-2-3-10-19(15)23(14)13-20(24)22-18-9-4-8-17-16(18)7-5-11-21-17/h2-11,14H,12-13H2,1H3,(H,22,24)/t14-/m0/s1. The van der Waals surface area contributed by atoms with Gasteiger partial charge in [0.2, 0.25) is 5.91 Å². The van der Waals surface area contributed by atoms with Gasteiger partial charge in [0.25, 0.3) is 0 Å². The van der Waals surface area contributed by atoms with Gasteiger partial charge in [0, 0.05) is 23.3 Å². The molecule has 0 unspecified atom stereocenters. The Kier molecular flexibility index (Phi) is 3.65. The van der Waals surface area contributed by atoms with Gasteiger partial charge in [0.1, 0.15) is 0 Å². The highest BCUT2D eigenvalue weighted by atomic mass is 16.2. The van der Waals surface area contributed by atoms with Crippen LogP contribution in [0.2, 0.25) is 0 Å². The van der Waals surface area contributed by atoms with Gasteiger partial charge in [-0.05, 0) is 49.2 Å². The highest BCUT2D eigenvalue weighted by molar-refractivity contribution is 6.02. The van der Waals surface area contributed by atoms with Crippen molar-refractivity contribution in [1.29, 1.82) is 0 Å². The molecule has 1 aliphatic rings. The minimum atomic E-state index is -0.00472. The van der Waals surface area contributed by atoms with E-state index in [0.29, 0.717) is 12.6 Å². The van der Waals surface area contributed by atoms with Crippen LogP contribution in [0.4, 0.5) is 11.4 Å². The SMILES string of the molecule is C[C@H]1Cc2ccccc2N1CC(=O)Nc1cccc2ncccc12. The van der Waals surface area contributed by atoms with Crippen LogP contribution >= 0.6 is 0 Å². The number of hydrogen-bond acceptors (Lipinski definition) is 3. The number of rotatable bonds is 3. The number of fused-ring (bicyclic) bond motifs is 2. The molecule has 0 radical (unpaired) electrons. The number of anilines is 2. The van der Waals surface area contributed by atoms with Crippen molar-refractivity contribution in [1.82, 2.24) is 4.98 Å². The Morgan fingerprint density at radius 1 is 1.17 bits per heavy atom. The molecule has 0 aliphatic carbocycles. The zero-order chi connectivity index (χ0) is 16.5. The fourth-order valence-electron chi connectivity index (χ4n) is 3.43. The first-order chi connectivity index (χ1) is 11.7. The molecule has 0 saturated carbocycles. The number of hydrogen-bond donors (Lipinski definition) is 1. The summed E-state index contributed by atoms with van der Waals surface area (Å²) in [7, 11) is 0. The lowest BCUT2D eigenvalue weighted by Crippen LogP contribution is -2.37. The predicted molar refractivity (Wildman–Crippen MR) is 97.3 cm³/mol. The van der Waals surface area contributed by atoms with E-state index in [4.69, 9.17) is 0 Å². The molecule has 1 N–H and O–H groups in total. The van der Waals surface area contributed by atoms with E-state index in [0.717, 1.165) is 23.0 Å². The van der Waals surface area contributed by atoms with Crippen LogP contribution in [0.5, 0.6) is 0 Å². The van der Waals surface area contributed by atoms with Gasteiger partial charge in [-0.15, -0.1) is 0 Å². The van der Waals surface area contributed by atoms with Crippen LogP contribution in [0.25, 0.3) is 10.9 Å². The molecule has 0 spiro atoms. The summed E-state index contributed by atoms with van der Waals surface area (Å²) in [5, 5.41) is 4.00. The zero-order valence-electron chi connectivity index (χ0n) is 13.6. The fourth-order valence-corrected chi connectivity index (χ4v) is 3.43. The van der Waals surface area contributed by atoms with Gasteiger partial charge in [0.05, 0.1) is 17.7 Å². The molecule has 2 heterocycles. The monoisotopic (exact) mass is 317 g/mol. The maximum absolute atomic E-state index is 12.6. The Labute approximate surface area is 141 Å². The highest BCUT2D eigenvalue weighted by Crippen LogP contribution is 2.31. The molecule has 1 aromatic heterocycles. The minimum absolute atomic E-state index is 0.00472. The molecule has 3 aromatic rings. The van der Waals surface area contributed by atoms with Gasteiger partial charge in [0.15, 0.2) is 0 Å². The Morgan fingerprint density at radius 3 is 2.96 bits per heavy atom. The third-order valence-electron chi connectivity index (χ3n) is 4.58. The van der Waals surface area contributed by atoms with Crippen LogP contribution in [-0.4, -0.2) is 23.5 Å². The van der Waals surface area contributed by atoms with Crippen LogP contribution in [0.1, 0.15) is 12.5 Å². The van der Waals surface area contributed by atoms with Crippen molar-refractivity contribution in [3.63, 3.8) is 0 Å². The number of aromatic nitrogens is 1. The predicted octanol–water partition coefficient (Wildman–Crippen LogP) is 3.62. The molecule has 0 saturated heterocycles. The van der Waals surface area contributed by atoms with E-state index >= 15 is 0 Å². The van der Waals surface area contributed by atoms with Crippen molar-refractivity contribution in [2.45, 2.75) is 19.4 Å².